The Hall–Kier alpha value is -0.470. The monoisotopic (exact) mass is 237 g/mol. The summed E-state index contributed by atoms with van der Waals surface area (Å²) < 4.78 is 0. The van der Waals surface area contributed by atoms with Crippen molar-refractivity contribution in [2.24, 2.45) is 0 Å². The first-order chi connectivity index (χ1) is 7.74. The van der Waals surface area contributed by atoms with Crippen LogP contribution < -0.4 is 5.32 Å². The maximum atomic E-state index is 3.52. The maximum absolute atomic E-state index is 3.52. The molecule has 0 spiro atoms. The Balaban J connectivity index is 2.18. The van der Waals surface area contributed by atoms with E-state index in [1.807, 2.05) is 11.8 Å². The predicted molar refractivity (Wildman–Crippen MR) is 75.3 cm³/mol. The van der Waals surface area contributed by atoms with E-state index in [1.54, 1.807) is 0 Å². The highest BCUT2D eigenvalue weighted by molar-refractivity contribution is 7.99. The fraction of sp³-hybridized carbons (Fsp3) is 0.571. The molecule has 0 aliphatic rings. The molecule has 1 nitrogen and oxygen atoms in total. The molecule has 16 heavy (non-hydrogen) atoms. The number of hydrogen-bond acceptors (Lipinski definition) is 2. The van der Waals surface area contributed by atoms with Crippen LogP contribution in [0.25, 0.3) is 0 Å². The van der Waals surface area contributed by atoms with E-state index < -0.39 is 0 Å². The van der Waals surface area contributed by atoms with Gasteiger partial charge in [-0.1, -0.05) is 44.2 Å². The number of hydrogen-bond donors (Lipinski definition) is 1. The molecule has 2 atom stereocenters. The summed E-state index contributed by atoms with van der Waals surface area (Å²) in [6.07, 6.45) is 3.38. The van der Waals surface area contributed by atoms with Gasteiger partial charge in [-0.3, -0.25) is 0 Å². The van der Waals surface area contributed by atoms with Gasteiger partial charge in [0.1, 0.15) is 0 Å². The molecule has 0 amide bonds. The molecular formula is C14H23NS. The van der Waals surface area contributed by atoms with Crippen molar-refractivity contribution in [3.8, 4) is 0 Å². The zero-order valence-electron chi connectivity index (χ0n) is 10.6. The van der Waals surface area contributed by atoms with Crippen molar-refractivity contribution in [2.75, 3.05) is 19.3 Å². The molecule has 0 radical (unpaired) electrons. The van der Waals surface area contributed by atoms with Gasteiger partial charge >= 0.3 is 0 Å². The van der Waals surface area contributed by atoms with E-state index in [9.17, 15) is 0 Å². The van der Waals surface area contributed by atoms with Crippen LogP contribution in [-0.4, -0.2) is 24.6 Å². The third-order valence-electron chi connectivity index (χ3n) is 2.96. The largest absolute Gasteiger partial charge is 0.316 e. The van der Waals surface area contributed by atoms with Crippen LogP contribution in [0.1, 0.15) is 31.7 Å². The third kappa shape index (κ3) is 5.04. The van der Waals surface area contributed by atoms with Crippen LogP contribution in [0.3, 0.4) is 0 Å². The van der Waals surface area contributed by atoms with Crippen LogP contribution in [0.15, 0.2) is 30.3 Å². The number of nitrogens with one attached hydrogen (secondary N) is 1. The van der Waals surface area contributed by atoms with Gasteiger partial charge in [-0.15, -0.1) is 0 Å². The van der Waals surface area contributed by atoms with Crippen molar-refractivity contribution in [3.63, 3.8) is 0 Å². The average molecular weight is 237 g/mol. The molecule has 0 heterocycles. The van der Waals surface area contributed by atoms with Gasteiger partial charge in [0, 0.05) is 11.8 Å². The maximum Gasteiger partial charge on any atom is 0.0141 e. The van der Waals surface area contributed by atoms with Crippen molar-refractivity contribution >= 4 is 11.8 Å². The van der Waals surface area contributed by atoms with Crippen molar-refractivity contribution in [2.45, 2.75) is 31.4 Å². The number of benzene rings is 1. The lowest BCUT2D eigenvalue weighted by atomic mass is 9.98. The topological polar surface area (TPSA) is 12.0 Å². The Labute approximate surface area is 104 Å². The van der Waals surface area contributed by atoms with Gasteiger partial charge in [-0.05, 0) is 30.7 Å². The van der Waals surface area contributed by atoms with Crippen LogP contribution in [0.5, 0.6) is 0 Å². The first-order valence-electron chi connectivity index (χ1n) is 6.02. The van der Waals surface area contributed by atoms with Gasteiger partial charge in [-0.25, -0.2) is 0 Å². The summed E-state index contributed by atoms with van der Waals surface area (Å²) in [5.41, 5.74) is 1.45. The van der Waals surface area contributed by atoms with Crippen LogP contribution in [0.4, 0.5) is 0 Å². The molecular weight excluding hydrogens is 214 g/mol. The van der Waals surface area contributed by atoms with Crippen molar-refractivity contribution in [3.05, 3.63) is 35.9 Å². The van der Waals surface area contributed by atoms with E-state index in [1.165, 1.54) is 12.0 Å². The minimum absolute atomic E-state index is 0.651. The zero-order valence-corrected chi connectivity index (χ0v) is 11.4. The summed E-state index contributed by atoms with van der Waals surface area (Å²) in [6, 6.07) is 10.8. The van der Waals surface area contributed by atoms with E-state index in [4.69, 9.17) is 0 Å². The minimum Gasteiger partial charge on any atom is -0.316 e. The first-order valence-corrected chi connectivity index (χ1v) is 7.31. The second-order valence-electron chi connectivity index (χ2n) is 4.35. The predicted octanol–water partition coefficient (Wildman–Crippen LogP) is 3.52. The summed E-state index contributed by atoms with van der Waals surface area (Å²) in [5.74, 6) is 0.651. The van der Waals surface area contributed by atoms with E-state index in [2.05, 4.69) is 55.8 Å². The van der Waals surface area contributed by atoms with E-state index in [-0.39, 0.29) is 0 Å². The van der Waals surface area contributed by atoms with Crippen LogP contribution in [0, 0.1) is 0 Å². The van der Waals surface area contributed by atoms with Crippen LogP contribution in [0.2, 0.25) is 0 Å². The number of thioether (sulfide) groups is 1. The van der Waals surface area contributed by atoms with Crippen LogP contribution >= 0.6 is 11.8 Å². The molecule has 1 aromatic carbocycles. The van der Waals surface area contributed by atoms with E-state index in [0.29, 0.717) is 11.2 Å². The van der Waals surface area contributed by atoms with Gasteiger partial charge in [0.05, 0.1) is 0 Å². The lowest BCUT2D eigenvalue weighted by Crippen LogP contribution is -2.24. The summed E-state index contributed by atoms with van der Waals surface area (Å²) in [7, 11) is 0. The summed E-state index contributed by atoms with van der Waals surface area (Å²) >= 11 is 1.92. The van der Waals surface area contributed by atoms with Gasteiger partial charge in [0.15, 0.2) is 0 Å². The molecule has 2 unspecified atom stereocenters. The Morgan fingerprint density at radius 1 is 1.19 bits per heavy atom. The third-order valence-corrected chi connectivity index (χ3v) is 3.93. The molecule has 0 aliphatic carbocycles. The fourth-order valence-electron chi connectivity index (χ4n) is 1.66. The smallest absolute Gasteiger partial charge is 0.0141 e. The molecule has 0 aromatic heterocycles. The standard InChI is InChI=1S/C14H23NS/c1-12(14-7-5-4-6-8-14)9-10-15-11-13(2)16-3/h4-8,12-13,15H,9-11H2,1-3H3. The zero-order chi connectivity index (χ0) is 11.8. The van der Waals surface area contributed by atoms with Crippen molar-refractivity contribution in [1.29, 1.82) is 0 Å². The van der Waals surface area contributed by atoms with Gasteiger partial charge in [-0.2, -0.15) is 11.8 Å². The molecule has 0 saturated heterocycles. The molecule has 1 N–H and O–H groups in total. The van der Waals surface area contributed by atoms with E-state index in [0.717, 1.165) is 13.1 Å². The molecule has 1 aromatic rings. The van der Waals surface area contributed by atoms with Crippen molar-refractivity contribution in [1.82, 2.24) is 5.32 Å². The highest BCUT2D eigenvalue weighted by Crippen LogP contribution is 2.17. The molecule has 0 bridgehead atoms. The summed E-state index contributed by atoms with van der Waals surface area (Å²) in [4.78, 5) is 0. The summed E-state index contributed by atoms with van der Waals surface area (Å²) in [6.45, 7) is 6.79. The Bertz CT molecular complexity index is 273. The molecule has 90 valence electrons. The minimum atomic E-state index is 0.651. The molecule has 0 fully saturated rings. The van der Waals surface area contributed by atoms with Gasteiger partial charge in [0.2, 0.25) is 0 Å². The molecule has 0 saturated carbocycles. The van der Waals surface area contributed by atoms with Gasteiger partial charge in [0.25, 0.3) is 0 Å². The van der Waals surface area contributed by atoms with E-state index >= 15 is 0 Å². The lowest BCUT2D eigenvalue weighted by Gasteiger charge is -2.14. The SMILES string of the molecule is CSC(C)CNCCC(C)c1ccccc1. The second kappa shape index (κ2) is 7.75. The average Bonchev–Trinajstić information content (AvgIpc) is 2.35. The fourth-order valence-corrected chi connectivity index (χ4v) is 1.94. The molecule has 2 heteroatoms. The molecule has 1 rings (SSSR count). The molecule has 0 aliphatic heterocycles. The van der Waals surface area contributed by atoms with Crippen molar-refractivity contribution < 1.29 is 0 Å². The Kier molecular flexibility index (Phi) is 6.58. The summed E-state index contributed by atoms with van der Waals surface area (Å²) in [5, 5.41) is 4.23. The highest BCUT2D eigenvalue weighted by atomic mass is 32.2. The quantitative estimate of drug-likeness (QED) is 0.728. The second-order valence-corrected chi connectivity index (χ2v) is 5.63. The normalized spacial score (nSPS) is 14.7. The highest BCUT2D eigenvalue weighted by Gasteiger charge is 2.04. The van der Waals surface area contributed by atoms with Crippen LogP contribution in [-0.2, 0) is 0 Å². The Morgan fingerprint density at radius 3 is 2.50 bits per heavy atom. The van der Waals surface area contributed by atoms with Gasteiger partial charge < -0.3 is 5.32 Å². The number of rotatable bonds is 7. The first kappa shape index (κ1) is 13.6. The lowest BCUT2D eigenvalue weighted by molar-refractivity contribution is 0.594. The Morgan fingerprint density at radius 2 is 1.88 bits per heavy atom.